The zero-order valence-electron chi connectivity index (χ0n) is 11.4. The number of likely N-dealkylation sites (tertiary alicyclic amines) is 1. The van der Waals surface area contributed by atoms with Gasteiger partial charge in [0.25, 0.3) is 0 Å². The smallest absolute Gasteiger partial charge is 0.352 e. The van der Waals surface area contributed by atoms with E-state index in [0.29, 0.717) is 13.1 Å². The molecule has 0 unspecified atom stereocenters. The van der Waals surface area contributed by atoms with Crippen LogP contribution in [0.15, 0.2) is 17.2 Å². The van der Waals surface area contributed by atoms with Crippen LogP contribution in [0.3, 0.4) is 0 Å². The number of hydrogen-bond donors (Lipinski definition) is 2. The van der Waals surface area contributed by atoms with Crippen LogP contribution in [0.4, 0.5) is 0 Å². The number of aromatic nitrogens is 1. The third-order valence-electron chi connectivity index (χ3n) is 3.52. The molecule has 0 aliphatic carbocycles. The number of hydrogen-bond acceptors (Lipinski definition) is 4. The number of nitrogens with zero attached hydrogens (tertiary/aromatic N) is 2. The Hall–Kier alpha value is -1.38. The molecule has 1 aliphatic rings. The number of carboxylic acids is 1. The van der Waals surface area contributed by atoms with Crippen molar-refractivity contribution in [2.45, 2.75) is 17.7 Å². The normalized spacial score (nSPS) is 16.9. The molecule has 0 radical (unpaired) electrons. The summed E-state index contributed by atoms with van der Waals surface area (Å²) in [7, 11) is -2.12. The lowest BCUT2D eigenvalue weighted by Crippen LogP contribution is -2.35. The minimum absolute atomic E-state index is 0.0150. The molecule has 1 fully saturated rings. The molecule has 2 rings (SSSR count). The Morgan fingerprint density at radius 2 is 2.10 bits per heavy atom. The Labute approximate surface area is 118 Å². The van der Waals surface area contributed by atoms with E-state index in [1.165, 1.54) is 17.5 Å². The van der Waals surface area contributed by atoms with Crippen molar-refractivity contribution < 1.29 is 18.3 Å². The topological polar surface area (TPSA) is 93.7 Å². The summed E-state index contributed by atoms with van der Waals surface area (Å²) in [4.78, 5) is 15.4. The molecular formula is C12H19N3O4S. The number of carbonyl (C=O) groups is 1. The summed E-state index contributed by atoms with van der Waals surface area (Å²) in [6.45, 7) is 3.13. The Kier molecular flexibility index (Phi) is 4.46. The standard InChI is InChI=1S/C12H19N3O4S/c1-14(6-7-15-4-2-3-5-15)20(18,19)10-8-11(12(16)17)13-9-10/h8-9,13H,2-7H2,1H3,(H,16,17). The molecular weight excluding hydrogens is 282 g/mol. The van der Waals surface area contributed by atoms with Crippen LogP contribution in [0.2, 0.25) is 0 Å². The van der Waals surface area contributed by atoms with Crippen molar-refractivity contribution in [2.75, 3.05) is 33.2 Å². The molecule has 0 aromatic carbocycles. The maximum atomic E-state index is 12.3. The molecule has 0 saturated carbocycles. The number of H-pyrrole nitrogens is 1. The highest BCUT2D eigenvalue weighted by molar-refractivity contribution is 7.89. The van der Waals surface area contributed by atoms with Gasteiger partial charge in [0.15, 0.2) is 0 Å². The zero-order chi connectivity index (χ0) is 14.8. The third-order valence-corrected chi connectivity index (χ3v) is 5.36. The van der Waals surface area contributed by atoms with Crippen molar-refractivity contribution in [1.82, 2.24) is 14.2 Å². The van der Waals surface area contributed by atoms with E-state index in [0.717, 1.165) is 32.0 Å². The minimum atomic E-state index is -3.63. The van der Waals surface area contributed by atoms with Crippen molar-refractivity contribution in [3.05, 3.63) is 18.0 Å². The van der Waals surface area contributed by atoms with Gasteiger partial charge in [0.05, 0.1) is 0 Å². The van der Waals surface area contributed by atoms with Crippen LogP contribution < -0.4 is 0 Å². The van der Waals surface area contributed by atoms with Crippen molar-refractivity contribution in [3.8, 4) is 0 Å². The fourth-order valence-corrected chi connectivity index (χ4v) is 3.39. The van der Waals surface area contributed by atoms with Crippen LogP contribution in [-0.2, 0) is 10.0 Å². The summed E-state index contributed by atoms with van der Waals surface area (Å²) in [5.41, 5.74) is -0.128. The van der Waals surface area contributed by atoms with Crippen molar-refractivity contribution in [2.24, 2.45) is 0 Å². The SMILES string of the molecule is CN(CCN1CCCC1)S(=O)(=O)c1c[nH]c(C(=O)O)c1. The second kappa shape index (κ2) is 5.94. The molecule has 0 spiro atoms. The fourth-order valence-electron chi connectivity index (χ4n) is 2.24. The minimum Gasteiger partial charge on any atom is -0.477 e. The number of sulfonamides is 1. The van der Waals surface area contributed by atoms with Gasteiger partial charge in [-0.15, -0.1) is 0 Å². The predicted octanol–water partition coefficient (Wildman–Crippen LogP) is 0.429. The van der Waals surface area contributed by atoms with Crippen LogP contribution in [0, 0.1) is 0 Å². The second-order valence-corrected chi connectivity index (χ2v) is 6.97. The van der Waals surface area contributed by atoms with Gasteiger partial charge in [0.2, 0.25) is 10.0 Å². The number of likely N-dealkylation sites (N-methyl/N-ethyl adjacent to an activating group) is 1. The zero-order valence-corrected chi connectivity index (χ0v) is 12.2. The molecule has 8 heteroatoms. The number of aromatic amines is 1. The first-order valence-corrected chi connectivity index (χ1v) is 7.95. The average molecular weight is 301 g/mol. The van der Waals surface area contributed by atoms with E-state index in [4.69, 9.17) is 5.11 Å². The quantitative estimate of drug-likeness (QED) is 0.794. The molecule has 20 heavy (non-hydrogen) atoms. The number of nitrogens with one attached hydrogen (secondary N) is 1. The molecule has 0 amide bonds. The summed E-state index contributed by atoms with van der Waals surface area (Å²) in [6.07, 6.45) is 3.54. The summed E-state index contributed by atoms with van der Waals surface area (Å²) in [5, 5.41) is 8.80. The first kappa shape index (κ1) is 15.0. The van der Waals surface area contributed by atoms with Gasteiger partial charge in [-0.05, 0) is 32.0 Å². The van der Waals surface area contributed by atoms with E-state index < -0.39 is 16.0 Å². The third kappa shape index (κ3) is 3.20. The Bertz CT molecular complexity index is 575. The van der Waals surface area contributed by atoms with Gasteiger partial charge in [-0.2, -0.15) is 4.31 Å². The Morgan fingerprint density at radius 1 is 1.45 bits per heavy atom. The molecule has 1 aliphatic heterocycles. The van der Waals surface area contributed by atoms with Crippen molar-refractivity contribution in [1.29, 1.82) is 0 Å². The largest absolute Gasteiger partial charge is 0.477 e. The molecule has 7 nitrogen and oxygen atoms in total. The summed E-state index contributed by atoms with van der Waals surface area (Å²) in [6, 6.07) is 1.14. The molecule has 1 saturated heterocycles. The first-order chi connectivity index (χ1) is 9.41. The molecule has 1 aromatic heterocycles. The van der Waals surface area contributed by atoms with Gasteiger partial charge in [-0.25, -0.2) is 13.2 Å². The summed E-state index contributed by atoms with van der Waals surface area (Å²) >= 11 is 0. The lowest BCUT2D eigenvalue weighted by atomic mass is 10.4. The Balaban J connectivity index is 2.02. The van der Waals surface area contributed by atoms with Gasteiger partial charge < -0.3 is 15.0 Å². The van der Waals surface area contributed by atoms with Gasteiger partial charge >= 0.3 is 5.97 Å². The second-order valence-electron chi connectivity index (χ2n) is 4.93. The van der Waals surface area contributed by atoms with Gasteiger partial charge in [0.1, 0.15) is 10.6 Å². The Morgan fingerprint density at radius 3 is 2.65 bits per heavy atom. The summed E-state index contributed by atoms with van der Waals surface area (Å²) in [5.74, 6) is -1.17. The molecule has 1 aromatic rings. The van der Waals surface area contributed by atoms with Crippen molar-refractivity contribution in [3.63, 3.8) is 0 Å². The predicted molar refractivity (Wildman–Crippen MR) is 73.2 cm³/mol. The lowest BCUT2D eigenvalue weighted by Gasteiger charge is -2.20. The molecule has 0 atom stereocenters. The van der Waals surface area contributed by atoms with Crippen LogP contribution in [0.25, 0.3) is 0 Å². The van der Waals surface area contributed by atoms with Crippen LogP contribution >= 0.6 is 0 Å². The van der Waals surface area contributed by atoms with Gasteiger partial charge in [-0.3, -0.25) is 0 Å². The van der Waals surface area contributed by atoms with Gasteiger partial charge in [0, 0.05) is 26.3 Å². The monoisotopic (exact) mass is 301 g/mol. The number of carboxylic acid groups (broad SMARTS) is 1. The maximum Gasteiger partial charge on any atom is 0.352 e. The van der Waals surface area contributed by atoms with Crippen LogP contribution in [-0.4, -0.2) is 66.9 Å². The summed E-state index contributed by atoms with van der Waals surface area (Å²) < 4.78 is 25.8. The highest BCUT2D eigenvalue weighted by Crippen LogP contribution is 2.16. The van der Waals surface area contributed by atoms with Crippen molar-refractivity contribution >= 4 is 16.0 Å². The molecule has 0 bridgehead atoms. The number of aromatic carboxylic acids is 1. The van der Waals surface area contributed by atoms with E-state index in [1.54, 1.807) is 0 Å². The first-order valence-electron chi connectivity index (χ1n) is 6.51. The molecule has 2 N–H and O–H groups in total. The average Bonchev–Trinajstić information content (AvgIpc) is 3.06. The van der Waals surface area contributed by atoms with Crippen LogP contribution in [0.1, 0.15) is 23.3 Å². The van der Waals surface area contributed by atoms with E-state index in [2.05, 4.69) is 9.88 Å². The van der Waals surface area contributed by atoms with E-state index in [1.807, 2.05) is 0 Å². The lowest BCUT2D eigenvalue weighted by molar-refractivity contribution is 0.0691. The van der Waals surface area contributed by atoms with E-state index in [9.17, 15) is 13.2 Å². The van der Waals surface area contributed by atoms with Crippen LogP contribution in [0.5, 0.6) is 0 Å². The maximum absolute atomic E-state index is 12.3. The molecule has 2 heterocycles. The van der Waals surface area contributed by atoms with Gasteiger partial charge in [-0.1, -0.05) is 0 Å². The fraction of sp³-hybridized carbons (Fsp3) is 0.583. The highest BCUT2D eigenvalue weighted by Gasteiger charge is 2.24. The molecule has 112 valence electrons. The van der Waals surface area contributed by atoms with E-state index in [-0.39, 0.29) is 10.6 Å². The highest BCUT2D eigenvalue weighted by atomic mass is 32.2. The van der Waals surface area contributed by atoms with E-state index >= 15 is 0 Å². The number of rotatable bonds is 6.